The van der Waals surface area contributed by atoms with E-state index in [9.17, 15) is 4.39 Å². The van der Waals surface area contributed by atoms with Gasteiger partial charge in [0.15, 0.2) is 0 Å². The normalized spacial score (nSPS) is 12.4. The molecule has 0 bridgehead atoms. The third-order valence-corrected chi connectivity index (χ3v) is 3.46. The van der Waals surface area contributed by atoms with Crippen molar-refractivity contribution in [3.63, 3.8) is 0 Å². The van der Waals surface area contributed by atoms with Crippen LogP contribution >= 0.6 is 23.2 Å². The molecule has 2 aromatic carbocycles. The maximum absolute atomic E-state index is 13.3. The molecule has 94 valence electrons. The molecular formula is C14H12Cl2FN. The summed E-state index contributed by atoms with van der Waals surface area (Å²) in [5, 5.41) is 4.24. The molecule has 1 atom stereocenters. The lowest BCUT2D eigenvalue weighted by molar-refractivity contribution is 0.617. The molecule has 2 aromatic rings. The first-order chi connectivity index (χ1) is 8.63. The molecule has 0 aromatic heterocycles. The molecule has 4 heteroatoms. The first-order valence-electron chi connectivity index (χ1n) is 5.50. The van der Waals surface area contributed by atoms with Crippen molar-refractivity contribution in [3.8, 4) is 0 Å². The highest BCUT2D eigenvalue weighted by atomic mass is 35.5. The zero-order valence-corrected chi connectivity index (χ0v) is 11.3. The van der Waals surface area contributed by atoms with Crippen molar-refractivity contribution in [2.45, 2.75) is 6.04 Å². The molecule has 1 nitrogen and oxygen atoms in total. The topological polar surface area (TPSA) is 12.0 Å². The Balaban J connectivity index is 2.52. The van der Waals surface area contributed by atoms with E-state index < -0.39 is 0 Å². The van der Waals surface area contributed by atoms with Crippen molar-refractivity contribution in [3.05, 3.63) is 69.5 Å². The van der Waals surface area contributed by atoms with Crippen LogP contribution in [0.5, 0.6) is 0 Å². The molecule has 18 heavy (non-hydrogen) atoms. The summed E-state index contributed by atoms with van der Waals surface area (Å²) in [6.45, 7) is 0. The van der Waals surface area contributed by atoms with Gasteiger partial charge in [0.2, 0.25) is 0 Å². The summed E-state index contributed by atoms with van der Waals surface area (Å²) in [4.78, 5) is 0. The summed E-state index contributed by atoms with van der Waals surface area (Å²) in [5.41, 5.74) is 1.54. The van der Waals surface area contributed by atoms with Gasteiger partial charge in [0.1, 0.15) is 5.82 Å². The predicted molar refractivity (Wildman–Crippen MR) is 73.8 cm³/mol. The van der Waals surface area contributed by atoms with Crippen LogP contribution in [-0.4, -0.2) is 7.05 Å². The van der Waals surface area contributed by atoms with E-state index in [0.29, 0.717) is 15.6 Å². The van der Waals surface area contributed by atoms with Crippen LogP contribution in [-0.2, 0) is 0 Å². The molecule has 1 unspecified atom stereocenters. The Morgan fingerprint density at radius 2 is 1.67 bits per heavy atom. The Hall–Kier alpha value is -1.09. The maximum Gasteiger partial charge on any atom is 0.123 e. The van der Waals surface area contributed by atoms with Gasteiger partial charge in [-0.1, -0.05) is 41.4 Å². The highest BCUT2D eigenvalue weighted by Crippen LogP contribution is 2.32. The van der Waals surface area contributed by atoms with E-state index in [2.05, 4.69) is 5.32 Å². The zero-order chi connectivity index (χ0) is 13.1. The van der Waals surface area contributed by atoms with Crippen LogP contribution in [0.15, 0.2) is 42.5 Å². The van der Waals surface area contributed by atoms with Crippen molar-refractivity contribution in [1.82, 2.24) is 5.32 Å². The summed E-state index contributed by atoms with van der Waals surface area (Å²) in [6, 6.07) is 11.5. The SMILES string of the molecule is CNC(c1ccccc1Cl)c1cc(F)ccc1Cl. The minimum Gasteiger partial charge on any atom is -0.309 e. The standard InChI is InChI=1S/C14H12Cl2FN/c1-18-14(10-4-2-3-5-12(10)15)11-8-9(17)6-7-13(11)16/h2-8,14,18H,1H3. The van der Waals surface area contributed by atoms with Crippen molar-refractivity contribution < 1.29 is 4.39 Å². The fraction of sp³-hybridized carbons (Fsp3) is 0.143. The van der Waals surface area contributed by atoms with Gasteiger partial charge in [-0.05, 0) is 42.4 Å². The van der Waals surface area contributed by atoms with Crippen molar-refractivity contribution >= 4 is 23.2 Å². The fourth-order valence-corrected chi connectivity index (χ4v) is 2.40. The van der Waals surface area contributed by atoms with Crippen molar-refractivity contribution in [2.75, 3.05) is 7.05 Å². The number of nitrogens with one attached hydrogen (secondary N) is 1. The van der Waals surface area contributed by atoms with Crippen LogP contribution in [0, 0.1) is 5.82 Å². The quantitative estimate of drug-likeness (QED) is 0.878. The monoisotopic (exact) mass is 283 g/mol. The van der Waals surface area contributed by atoms with Crippen LogP contribution in [0.1, 0.15) is 17.2 Å². The Morgan fingerprint density at radius 3 is 2.33 bits per heavy atom. The highest BCUT2D eigenvalue weighted by molar-refractivity contribution is 6.32. The van der Waals surface area contributed by atoms with Gasteiger partial charge in [-0.2, -0.15) is 0 Å². The number of halogens is 3. The van der Waals surface area contributed by atoms with Gasteiger partial charge >= 0.3 is 0 Å². The molecule has 0 aliphatic carbocycles. The molecule has 0 heterocycles. The molecule has 0 amide bonds. The van der Waals surface area contributed by atoms with Gasteiger partial charge in [0, 0.05) is 10.0 Å². The van der Waals surface area contributed by atoms with Crippen LogP contribution in [0.25, 0.3) is 0 Å². The van der Waals surface area contributed by atoms with Gasteiger partial charge in [-0.25, -0.2) is 4.39 Å². The smallest absolute Gasteiger partial charge is 0.123 e. The minimum atomic E-state index is -0.318. The van der Waals surface area contributed by atoms with Gasteiger partial charge in [-0.3, -0.25) is 0 Å². The van der Waals surface area contributed by atoms with Crippen molar-refractivity contribution in [1.29, 1.82) is 0 Å². The number of hydrogen-bond acceptors (Lipinski definition) is 1. The van der Waals surface area contributed by atoms with Crippen LogP contribution in [0.2, 0.25) is 10.0 Å². The molecule has 2 rings (SSSR count). The molecule has 0 aliphatic heterocycles. The second-order valence-electron chi connectivity index (χ2n) is 3.91. The zero-order valence-electron chi connectivity index (χ0n) is 9.75. The second-order valence-corrected chi connectivity index (χ2v) is 4.72. The second kappa shape index (κ2) is 5.70. The van der Waals surface area contributed by atoms with E-state index in [1.807, 2.05) is 18.2 Å². The van der Waals surface area contributed by atoms with E-state index >= 15 is 0 Å². The first kappa shape index (κ1) is 13.3. The summed E-state index contributed by atoms with van der Waals surface area (Å²) in [6.07, 6.45) is 0. The lowest BCUT2D eigenvalue weighted by atomic mass is 9.98. The third-order valence-electron chi connectivity index (χ3n) is 2.77. The van der Waals surface area contributed by atoms with E-state index in [-0.39, 0.29) is 11.9 Å². The average Bonchev–Trinajstić information content (AvgIpc) is 2.36. The van der Waals surface area contributed by atoms with E-state index in [1.165, 1.54) is 12.1 Å². The molecule has 1 N–H and O–H groups in total. The molecule has 0 fully saturated rings. The Bertz CT molecular complexity index is 557. The Morgan fingerprint density at radius 1 is 1.00 bits per heavy atom. The van der Waals surface area contributed by atoms with Gasteiger partial charge in [-0.15, -0.1) is 0 Å². The predicted octanol–water partition coefficient (Wildman–Crippen LogP) is 4.44. The molecule has 0 saturated heterocycles. The van der Waals surface area contributed by atoms with Crippen molar-refractivity contribution in [2.24, 2.45) is 0 Å². The highest BCUT2D eigenvalue weighted by Gasteiger charge is 2.18. The molecule has 0 saturated carbocycles. The minimum absolute atomic E-state index is 0.234. The van der Waals surface area contributed by atoms with E-state index in [1.54, 1.807) is 19.2 Å². The lowest BCUT2D eigenvalue weighted by Gasteiger charge is -2.19. The van der Waals surface area contributed by atoms with Gasteiger partial charge in [0.05, 0.1) is 6.04 Å². The molecule has 0 radical (unpaired) electrons. The van der Waals surface area contributed by atoms with Gasteiger partial charge in [0.25, 0.3) is 0 Å². The summed E-state index contributed by atoms with van der Waals surface area (Å²) < 4.78 is 13.3. The lowest BCUT2D eigenvalue weighted by Crippen LogP contribution is -2.18. The van der Waals surface area contributed by atoms with Gasteiger partial charge < -0.3 is 5.32 Å². The van der Waals surface area contributed by atoms with E-state index in [0.717, 1.165) is 5.56 Å². The maximum atomic E-state index is 13.3. The third kappa shape index (κ3) is 2.66. The largest absolute Gasteiger partial charge is 0.309 e. The summed E-state index contributed by atoms with van der Waals surface area (Å²) in [7, 11) is 1.79. The fourth-order valence-electron chi connectivity index (χ4n) is 1.92. The molecular weight excluding hydrogens is 272 g/mol. The number of rotatable bonds is 3. The molecule has 0 aliphatic rings. The van der Waals surface area contributed by atoms with Crippen LogP contribution in [0.4, 0.5) is 4.39 Å². The van der Waals surface area contributed by atoms with Crippen LogP contribution < -0.4 is 5.32 Å². The number of benzene rings is 2. The Labute approximate surface area is 116 Å². The summed E-state index contributed by atoms with van der Waals surface area (Å²) >= 11 is 12.3. The summed E-state index contributed by atoms with van der Waals surface area (Å²) in [5.74, 6) is -0.318. The average molecular weight is 284 g/mol. The van der Waals surface area contributed by atoms with Crippen LogP contribution in [0.3, 0.4) is 0 Å². The molecule has 0 spiro atoms. The first-order valence-corrected chi connectivity index (χ1v) is 6.25. The number of hydrogen-bond donors (Lipinski definition) is 1. The van der Waals surface area contributed by atoms with E-state index in [4.69, 9.17) is 23.2 Å². The Kier molecular flexibility index (Phi) is 4.23.